The molecule has 3 amide bonds. The van der Waals surface area contributed by atoms with Gasteiger partial charge in [-0.1, -0.05) is 40.5 Å². The number of carbonyl (C=O) groups is 3. The second-order valence-corrected chi connectivity index (χ2v) is 9.93. The highest BCUT2D eigenvalue weighted by Crippen LogP contribution is 2.59. The van der Waals surface area contributed by atoms with E-state index in [0.717, 1.165) is 25.7 Å². The van der Waals surface area contributed by atoms with Crippen LogP contribution in [-0.4, -0.2) is 70.7 Å². The Balaban J connectivity index is 2.01. The summed E-state index contributed by atoms with van der Waals surface area (Å²) < 4.78 is 6.42. The van der Waals surface area contributed by atoms with Gasteiger partial charge in [-0.25, -0.2) is 0 Å². The monoisotopic (exact) mass is 451 g/mol. The predicted octanol–water partition coefficient (Wildman–Crippen LogP) is 1.60. The first kappa shape index (κ1) is 25.0. The van der Waals surface area contributed by atoms with E-state index in [2.05, 4.69) is 17.6 Å². The maximum absolute atomic E-state index is 13.9. The van der Waals surface area contributed by atoms with Crippen molar-refractivity contribution in [2.75, 3.05) is 13.2 Å². The Morgan fingerprint density at radius 2 is 1.94 bits per heavy atom. The molecule has 3 aliphatic heterocycles. The molecule has 182 valence electrons. The van der Waals surface area contributed by atoms with Crippen molar-refractivity contribution in [3.8, 4) is 0 Å². The first-order valence-corrected chi connectivity index (χ1v) is 12.5. The molecule has 8 nitrogen and oxygen atoms in total. The van der Waals surface area contributed by atoms with Crippen LogP contribution in [0.1, 0.15) is 73.1 Å². The van der Waals surface area contributed by atoms with Gasteiger partial charge >= 0.3 is 0 Å². The molecule has 3 unspecified atom stereocenters. The number of amides is 3. The molecule has 3 saturated heterocycles. The van der Waals surface area contributed by atoms with Crippen molar-refractivity contribution in [1.29, 1.82) is 0 Å². The van der Waals surface area contributed by atoms with E-state index in [9.17, 15) is 19.5 Å². The fourth-order valence-electron chi connectivity index (χ4n) is 6.06. The number of likely N-dealkylation sites (tertiary alicyclic amines) is 1. The molecule has 8 atom stereocenters. The van der Waals surface area contributed by atoms with Gasteiger partial charge < -0.3 is 25.4 Å². The van der Waals surface area contributed by atoms with E-state index in [1.165, 1.54) is 0 Å². The molecule has 0 aromatic heterocycles. The third kappa shape index (κ3) is 4.04. The minimum absolute atomic E-state index is 0.00658. The van der Waals surface area contributed by atoms with Crippen LogP contribution in [0.4, 0.5) is 0 Å². The number of hydrogen-bond donors (Lipinski definition) is 3. The van der Waals surface area contributed by atoms with Crippen LogP contribution in [0.25, 0.3) is 0 Å². The van der Waals surface area contributed by atoms with Gasteiger partial charge in [0.2, 0.25) is 17.7 Å². The van der Waals surface area contributed by atoms with Crippen molar-refractivity contribution in [2.24, 2.45) is 17.8 Å². The van der Waals surface area contributed by atoms with Crippen molar-refractivity contribution in [2.45, 2.75) is 103 Å². The highest BCUT2D eigenvalue weighted by Gasteiger charge is 2.75. The van der Waals surface area contributed by atoms with Gasteiger partial charge in [-0.2, -0.15) is 0 Å². The maximum atomic E-state index is 13.9. The summed E-state index contributed by atoms with van der Waals surface area (Å²) in [6.07, 6.45) is 4.22. The molecule has 3 heterocycles. The average Bonchev–Trinajstić information content (AvgIpc) is 3.40. The smallest absolute Gasteiger partial charge is 0.246 e. The van der Waals surface area contributed by atoms with Crippen molar-refractivity contribution in [1.82, 2.24) is 15.5 Å². The highest BCUT2D eigenvalue weighted by atomic mass is 16.5. The average molecular weight is 452 g/mol. The van der Waals surface area contributed by atoms with Crippen molar-refractivity contribution >= 4 is 17.7 Å². The van der Waals surface area contributed by atoms with Crippen LogP contribution in [-0.2, 0) is 19.1 Å². The Hall–Kier alpha value is -1.67. The van der Waals surface area contributed by atoms with Crippen LogP contribution < -0.4 is 10.6 Å². The Labute approximate surface area is 191 Å². The third-order valence-corrected chi connectivity index (χ3v) is 7.79. The molecule has 0 radical (unpaired) electrons. The van der Waals surface area contributed by atoms with Crippen molar-refractivity contribution in [3.05, 3.63) is 0 Å². The minimum atomic E-state index is -1.01. The van der Waals surface area contributed by atoms with E-state index in [1.807, 2.05) is 27.7 Å². The molecule has 3 rings (SSSR count). The molecule has 3 aliphatic rings. The summed E-state index contributed by atoms with van der Waals surface area (Å²) in [5.74, 6) is -1.90. The fraction of sp³-hybridized carbons (Fsp3) is 0.875. The minimum Gasteiger partial charge on any atom is -0.394 e. The van der Waals surface area contributed by atoms with Crippen LogP contribution >= 0.6 is 0 Å². The van der Waals surface area contributed by atoms with Gasteiger partial charge in [0.15, 0.2) is 0 Å². The lowest BCUT2D eigenvalue weighted by Gasteiger charge is -2.39. The number of rotatable bonds is 11. The molecular formula is C24H41N3O5. The van der Waals surface area contributed by atoms with Gasteiger partial charge in [0, 0.05) is 12.6 Å². The maximum Gasteiger partial charge on any atom is 0.246 e. The van der Waals surface area contributed by atoms with Crippen LogP contribution in [0.15, 0.2) is 0 Å². The molecule has 0 aromatic rings. The second-order valence-electron chi connectivity index (χ2n) is 9.93. The lowest BCUT2D eigenvalue weighted by Crippen LogP contribution is -2.60. The molecule has 0 saturated carbocycles. The lowest BCUT2D eigenvalue weighted by molar-refractivity contribution is -0.147. The summed E-state index contributed by atoms with van der Waals surface area (Å²) in [6, 6.07) is -1.36. The van der Waals surface area contributed by atoms with E-state index in [4.69, 9.17) is 4.74 Å². The van der Waals surface area contributed by atoms with Crippen LogP contribution in [0.5, 0.6) is 0 Å². The van der Waals surface area contributed by atoms with E-state index >= 15 is 0 Å². The Morgan fingerprint density at radius 3 is 2.53 bits per heavy atom. The SMILES string of the molecule is CCCNC(=O)[C@@H]1[C@H]2C(=O)N([C@@H](CO)[C@@H](C)CC)C(C(=O)NC(C)CCC)C23CC[C@H]1O3. The topological polar surface area (TPSA) is 108 Å². The molecule has 3 fully saturated rings. The number of nitrogens with one attached hydrogen (secondary N) is 2. The molecule has 2 bridgehead atoms. The van der Waals surface area contributed by atoms with E-state index in [-0.39, 0.29) is 42.4 Å². The largest absolute Gasteiger partial charge is 0.394 e. The fourth-order valence-corrected chi connectivity index (χ4v) is 6.06. The standard InChI is InChI=1S/C24H41N3O5/c1-6-9-15(5)26-22(30)20-24-11-10-17(32-24)18(21(29)25-12-7-2)19(24)23(31)27(20)16(13-28)14(4)8-3/h14-20,28H,6-13H2,1-5H3,(H,25,29)(H,26,30)/t14-,15?,16-,17+,18-,19-,20?,24?/m0/s1. The van der Waals surface area contributed by atoms with Crippen molar-refractivity contribution < 1.29 is 24.2 Å². The molecule has 0 aromatic carbocycles. The Bertz CT molecular complexity index is 716. The normalized spacial score (nSPS) is 33.7. The van der Waals surface area contributed by atoms with E-state index in [0.29, 0.717) is 19.4 Å². The summed E-state index contributed by atoms with van der Waals surface area (Å²) in [6.45, 7) is 10.3. The van der Waals surface area contributed by atoms with Gasteiger partial charge in [-0.3, -0.25) is 14.4 Å². The predicted molar refractivity (Wildman–Crippen MR) is 121 cm³/mol. The lowest BCUT2D eigenvalue weighted by atomic mass is 9.70. The van der Waals surface area contributed by atoms with E-state index < -0.39 is 29.5 Å². The number of ether oxygens (including phenoxy) is 1. The number of fused-ring (bicyclic) bond motifs is 1. The summed E-state index contributed by atoms with van der Waals surface area (Å²) in [7, 11) is 0. The summed E-state index contributed by atoms with van der Waals surface area (Å²) in [5.41, 5.74) is -1.01. The summed E-state index contributed by atoms with van der Waals surface area (Å²) in [5, 5.41) is 16.3. The molecule has 32 heavy (non-hydrogen) atoms. The van der Waals surface area contributed by atoms with E-state index in [1.54, 1.807) is 4.90 Å². The summed E-state index contributed by atoms with van der Waals surface area (Å²) in [4.78, 5) is 42.1. The number of aliphatic hydroxyl groups excluding tert-OH is 1. The molecule has 3 N–H and O–H groups in total. The molecule has 0 aliphatic carbocycles. The zero-order chi connectivity index (χ0) is 23.6. The van der Waals surface area contributed by atoms with Gasteiger partial charge in [-0.15, -0.1) is 0 Å². The molecule has 8 heteroatoms. The molecular weight excluding hydrogens is 410 g/mol. The zero-order valence-corrected chi connectivity index (χ0v) is 20.2. The van der Waals surface area contributed by atoms with Crippen molar-refractivity contribution in [3.63, 3.8) is 0 Å². The first-order valence-electron chi connectivity index (χ1n) is 12.5. The number of nitrogens with zero attached hydrogens (tertiary/aromatic N) is 1. The molecule has 1 spiro atoms. The van der Waals surface area contributed by atoms with Gasteiger partial charge in [0.25, 0.3) is 0 Å². The van der Waals surface area contributed by atoms with Crippen LogP contribution in [0.2, 0.25) is 0 Å². The number of carbonyl (C=O) groups excluding carboxylic acids is 3. The number of hydrogen-bond acceptors (Lipinski definition) is 5. The van der Waals surface area contributed by atoms with Gasteiger partial charge in [0.1, 0.15) is 11.6 Å². The van der Waals surface area contributed by atoms with Crippen LogP contribution in [0.3, 0.4) is 0 Å². The number of aliphatic hydroxyl groups is 1. The van der Waals surface area contributed by atoms with Gasteiger partial charge in [-0.05, 0) is 38.5 Å². The first-order chi connectivity index (χ1) is 15.3. The third-order valence-electron chi connectivity index (χ3n) is 7.79. The highest BCUT2D eigenvalue weighted by molar-refractivity contribution is 5.99. The van der Waals surface area contributed by atoms with Gasteiger partial charge in [0.05, 0.1) is 30.6 Å². The summed E-state index contributed by atoms with van der Waals surface area (Å²) >= 11 is 0. The Kier molecular flexibility index (Phi) is 7.86. The zero-order valence-electron chi connectivity index (χ0n) is 20.2. The second kappa shape index (κ2) is 10.1. The van der Waals surface area contributed by atoms with Crippen LogP contribution in [0, 0.1) is 17.8 Å². The quantitative estimate of drug-likeness (QED) is 0.442. The Morgan fingerprint density at radius 1 is 1.22 bits per heavy atom.